The van der Waals surface area contributed by atoms with Gasteiger partial charge in [-0.3, -0.25) is 4.79 Å². The first kappa shape index (κ1) is 17.8. The molecule has 1 aliphatic heterocycles. The molecule has 0 aliphatic carbocycles. The van der Waals surface area contributed by atoms with E-state index in [1.807, 2.05) is 51.1 Å². The minimum absolute atomic E-state index is 0.0676. The van der Waals surface area contributed by atoms with Crippen LogP contribution in [0.25, 0.3) is 16.7 Å². The Morgan fingerprint density at radius 2 is 1.72 bits per heavy atom. The number of rotatable bonds is 2. The van der Waals surface area contributed by atoms with Gasteiger partial charge in [-0.15, -0.1) is 0 Å². The second-order valence-corrected chi connectivity index (χ2v) is 7.84. The average Bonchev–Trinajstić information content (AvgIpc) is 2.48. The van der Waals surface area contributed by atoms with Crippen molar-refractivity contribution in [2.45, 2.75) is 32.7 Å². The number of carbonyl (C=O) groups is 1. The molecule has 0 saturated heterocycles. The molecule has 0 atom stereocenters. The first-order valence-electron chi connectivity index (χ1n) is 7.99. The summed E-state index contributed by atoms with van der Waals surface area (Å²) in [5.74, 6) is -0.240. The molecule has 2 aromatic carbocycles. The monoisotopic (exact) mass is 375 g/mol. The average molecular weight is 376 g/mol. The molecule has 0 bridgehead atoms. The Bertz CT molecular complexity index is 860. The summed E-state index contributed by atoms with van der Waals surface area (Å²) in [4.78, 5) is 12.5. The van der Waals surface area contributed by atoms with E-state index in [1.165, 1.54) is 0 Å². The molecule has 0 spiro atoms. The molecule has 2 N–H and O–H groups in total. The van der Waals surface area contributed by atoms with Crippen molar-refractivity contribution < 1.29 is 9.90 Å². The highest BCUT2D eigenvalue weighted by Crippen LogP contribution is 2.37. The van der Waals surface area contributed by atoms with E-state index in [0.29, 0.717) is 22.0 Å². The van der Waals surface area contributed by atoms with Crippen LogP contribution in [-0.2, 0) is 4.79 Å². The zero-order valence-electron chi connectivity index (χ0n) is 14.3. The number of aliphatic hydroxyl groups excluding tert-OH is 1. The van der Waals surface area contributed by atoms with Crippen molar-refractivity contribution in [2.75, 3.05) is 0 Å². The molecule has 0 fully saturated rings. The summed E-state index contributed by atoms with van der Waals surface area (Å²) in [6, 6.07) is 11.2. The molecule has 0 radical (unpaired) electrons. The molecule has 0 saturated carbocycles. The van der Waals surface area contributed by atoms with Crippen molar-refractivity contribution in [3.63, 3.8) is 0 Å². The van der Waals surface area contributed by atoms with Gasteiger partial charge in [0.05, 0.1) is 5.57 Å². The zero-order chi connectivity index (χ0) is 18.4. The Balaban J connectivity index is 2.10. The van der Waals surface area contributed by atoms with Crippen LogP contribution < -0.4 is 5.32 Å². The third kappa shape index (κ3) is 3.53. The molecular formula is C20H19Cl2NO2. The smallest absolute Gasteiger partial charge is 0.255 e. The van der Waals surface area contributed by atoms with Crippen molar-refractivity contribution in [1.29, 1.82) is 0 Å². The van der Waals surface area contributed by atoms with Gasteiger partial charge in [0.15, 0.2) is 0 Å². The zero-order valence-corrected chi connectivity index (χ0v) is 15.8. The molecule has 5 heteroatoms. The fourth-order valence-corrected chi connectivity index (χ4v) is 3.67. The molecule has 2 aromatic rings. The molecule has 130 valence electrons. The number of benzene rings is 2. The minimum Gasteiger partial charge on any atom is -0.511 e. The number of aliphatic hydroxyl groups is 1. The van der Waals surface area contributed by atoms with Crippen molar-refractivity contribution in [3.05, 3.63) is 63.3 Å². The lowest BCUT2D eigenvalue weighted by Gasteiger charge is -2.32. The van der Waals surface area contributed by atoms with E-state index >= 15 is 0 Å². The van der Waals surface area contributed by atoms with Crippen LogP contribution in [0.4, 0.5) is 0 Å². The molecule has 1 aliphatic rings. The van der Waals surface area contributed by atoms with Crippen LogP contribution in [0.1, 0.15) is 31.4 Å². The quantitative estimate of drug-likeness (QED) is 0.723. The third-order valence-corrected chi connectivity index (χ3v) is 4.84. The highest BCUT2D eigenvalue weighted by atomic mass is 35.5. The highest BCUT2D eigenvalue weighted by Gasteiger charge is 2.34. The summed E-state index contributed by atoms with van der Waals surface area (Å²) >= 11 is 12.4. The summed E-state index contributed by atoms with van der Waals surface area (Å²) in [6.45, 7) is 5.62. The van der Waals surface area contributed by atoms with Gasteiger partial charge in [0, 0.05) is 27.6 Å². The second kappa shape index (κ2) is 6.40. The predicted octanol–water partition coefficient (Wildman–Crippen LogP) is 5.54. The van der Waals surface area contributed by atoms with E-state index in [-0.39, 0.29) is 17.2 Å². The van der Waals surface area contributed by atoms with E-state index in [4.69, 9.17) is 23.2 Å². The van der Waals surface area contributed by atoms with Crippen molar-refractivity contribution in [1.82, 2.24) is 5.32 Å². The van der Waals surface area contributed by atoms with E-state index in [2.05, 4.69) is 5.32 Å². The van der Waals surface area contributed by atoms with Crippen LogP contribution in [-0.4, -0.2) is 16.6 Å². The predicted molar refractivity (Wildman–Crippen MR) is 103 cm³/mol. The molecule has 0 unspecified atom stereocenters. The normalized spacial score (nSPS) is 16.8. The Labute approximate surface area is 157 Å². The molecule has 3 rings (SSSR count). The van der Waals surface area contributed by atoms with Crippen LogP contribution in [0, 0.1) is 6.92 Å². The topological polar surface area (TPSA) is 49.3 Å². The Kier molecular flexibility index (Phi) is 4.56. The van der Waals surface area contributed by atoms with E-state index < -0.39 is 5.54 Å². The third-order valence-electron chi connectivity index (χ3n) is 4.29. The SMILES string of the molecule is Cc1cc(-c2ccc(Cl)cc2)cc(Cl)c1C1=C(O)CC(C)(C)NC1=O. The van der Waals surface area contributed by atoms with Gasteiger partial charge < -0.3 is 10.4 Å². The van der Waals surface area contributed by atoms with E-state index in [0.717, 1.165) is 16.7 Å². The number of halogens is 2. The number of hydrogen-bond acceptors (Lipinski definition) is 2. The van der Waals surface area contributed by atoms with Crippen LogP contribution in [0.2, 0.25) is 10.0 Å². The minimum atomic E-state index is -0.478. The van der Waals surface area contributed by atoms with Gasteiger partial charge in [-0.25, -0.2) is 0 Å². The van der Waals surface area contributed by atoms with Crippen LogP contribution in [0.5, 0.6) is 0 Å². The van der Waals surface area contributed by atoms with Gasteiger partial charge in [-0.2, -0.15) is 0 Å². The van der Waals surface area contributed by atoms with Crippen LogP contribution in [0.3, 0.4) is 0 Å². The van der Waals surface area contributed by atoms with Crippen molar-refractivity contribution in [2.24, 2.45) is 0 Å². The second-order valence-electron chi connectivity index (χ2n) is 6.99. The molecule has 1 heterocycles. The van der Waals surface area contributed by atoms with Gasteiger partial charge in [-0.1, -0.05) is 41.4 Å². The molecule has 3 nitrogen and oxygen atoms in total. The van der Waals surface area contributed by atoms with Crippen LogP contribution >= 0.6 is 23.2 Å². The Hall–Kier alpha value is -1.97. The highest BCUT2D eigenvalue weighted by molar-refractivity contribution is 6.35. The fourth-order valence-electron chi connectivity index (χ4n) is 3.18. The first-order chi connectivity index (χ1) is 11.7. The lowest BCUT2D eigenvalue weighted by molar-refractivity contribution is -0.117. The number of amides is 1. The van der Waals surface area contributed by atoms with Gasteiger partial charge in [0.1, 0.15) is 5.76 Å². The largest absolute Gasteiger partial charge is 0.511 e. The summed E-state index contributed by atoms with van der Waals surface area (Å²) in [6.07, 6.45) is 0.364. The van der Waals surface area contributed by atoms with Gasteiger partial charge >= 0.3 is 0 Å². The number of aryl methyl sites for hydroxylation is 1. The molecule has 25 heavy (non-hydrogen) atoms. The van der Waals surface area contributed by atoms with Crippen molar-refractivity contribution >= 4 is 34.7 Å². The summed E-state index contributed by atoms with van der Waals surface area (Å²) in [5.41, 5.74) is 3.09. The van der Waals surface area contributed by atoms with Crippen molar-refractivity contribution in [3.8, 4) is 11.1 Å². The maximum absolute atomic E-state index is 12.5. The van der Waals surface area contributed by atoms with Gasteiger partial charge in [-0.05, 0) is 55.7 Å². The molecule has 1 amide bonds. The maximum Gasteiger partial charge on any atom is 0.255 e. The lowest BCUT2D eigenvalue weighted by Crippen LogP contribution is -2.47. The first-order valence-corrected chi connectivity index (χ1v) is 8.74. The number of nitrogens with one attached hydrogen (secondary N) is 1. The standard InChI is InChI=1S/C20H19Cl2NO2/c1-11-8-13(12-4-6-14(21)7-5-12)9-15(22)17(11)18-16(24)10-20(2,3)23-19(18)25/h4-9,24H,10H2,1-3H3,(H,23,25). The van der Waals surface area contributed by atoms with E-state index in [1.54, 1.807) is 6.07 Å². The number of carbonyl (C=O) groups excluding carboxylic acids is 1. The summed E-state index contributed by atoms with van der Waals surface area (Å²) in [7, 11) is 0. The Morgan fingerprint density at radius 3 is 2.28 bits per heavy atom. The summed E-state index contributed by atoms with van der Waals surface area (Å²) < 4.78 is 0. The number of hydrogen-bond donors (Lipinski definition) is 2. The summed E-state index contributed by atoms with van der Waals surface area (Å²) in [5, 5.41) is 14.4. The fraction of sp³-hybridized carbons (Fsp3) is 0.250. The maximum atomic E-state index is 12.5. The van der Waals surface area contributed by atoms with Gasteiger partial charge in [0.2, 0.25) is 0 Å². The molecular weight excluding hydrogens is 357 g/mol. The molecule has 0 aromatic heterocycles. The van der Waals surface area contributed by atoms with Crippen LogP contribution in [0.15, 0.2) is 42.2 Å². The lowest BCUT2D eigenvalue weighted by atomic mass is 9.87. The van der Waals surface area contributed by atoms with Gasteiger partial charge in [0.25, 0.3) is 5.91 Å². The Morgan fingerprint density at radius 1 is 1.08 bits per heavy atom. The van der Waals surface area contributed by atoms with E-state index in [9.17, 15) is 9.90 Å².